The molecule has 0 radical (unpaired) electrons. The number of aliphatic hydroxyl groups is 1. The molecule has 0 saturated heterocycles. The molecular weight excluding hydrogens is 388 g/mol. The summed E-state index contributed by atoms with van der Waals surface area (Å²) in [4.78, 5) is 0. The number of aromatic amines is 1. The summed E-state index contributed by atoms with van der Waals surface area (Å²) in [5.41, 5.74) is 0.758. The third kappa shape index (κ3) is 3.47. The fraction of sp³-hybridized carbons (Fsp3) is 0.960. The number of H-pyrrole nitrogens is 1. The molecule has 0 spiro atoms. The highest BCUT2D eigenvalue weighted by Gasteiger charge is 2.62. The largest absolute Gasteiger partial charge is 0.393 e. The fourth-order valence-electron chi connectivity index (χ4n) is 9.22. The third-order valence-corrected chi connectivity index (χ3v) is 10.9. The summed E-state index contributed by atoms with van der Waals surface area (Å²) in [5, 5.41) is 26.0. The second kappa shape index (κ2) is 8.09. The number of nitrogens with one attached hydrogen (secondary N) is 1. The average Bonchev–Trinajstić information content (AvgIpc) is 3.39. The maximum atomic E-state index is 11.5. The molecular formula is C25H42N4O2. The van der Waals surface area contributed by atoms with Crippen LogP contribution in [-0.4, -0.2) is 45.0 Å². The molecule has 174 valence electrons. The highest BCUT2D eigenvalue weighted by Crippen LogP contribution is 2.68. The minimum absolute atomic E-state index is 0.128. The van der Waals surface area contributed by atoms with Gasteiger partial charge >= 0.3 is 0 Å². The number of aliphatic hydroxyl groups excluding tert-OH is 1. The Morgan fingerprint density at radius 1 is 1.10 bits per heavy atom. The van der Waals surface area contributed by atoms with Crippen LogP contribution in [0.5, 0.6) is 0 Å². The quantitative estimate of drug-likeness (QED) is 0.723. The van der Waals surface area contributed by atoms with Gasteiger partial charge in [0.05, 0.1) is 12.2 Å². The van der Waals surface area contributed by atoms with Crippen molar-refractivity contribution in [1.29, 1.82) is 0 Å². The number of fused-ring (bicyclic) bond motifs is 5. The number of hydrogen-bond donors (Lipinski definition) is 2. The first-order chi connectivity index (χ1) is 14.9. The highest BCUT2D eigenvalue weighted by molar-refractivity contribution is 5.12. The van der Waals surface area contributed by atoms with Gasteiger partial charge in [0.1, 0.15) is 0 Å². The molecule has 0 bridgehead atoms. The van der Waals surface area contributed by atoms with Crippen LogP contribution in [0, 0.1) is 46.3 Å². The molecule has 2 N–H and O–H groups in total. The minimum Gasteiger partial charge on any atom is -0.393 e. The fourth-order valence-corrected chi connectivity index (χ4v) is 9.22. The lowest BCUT2D eigenvalue weighted by Crippen LogP contribution is -2.58. The van der Waals surface area contributed by atoms with Crippen molar-refractivity contribution < 1.29 is 9.84 Å². The van der Waals surface area contributed by atoms with Crippen LogP contribution in [-0.2, 0) is 11.2 Å². The average molecular weight is 431 g/mol. The Kier molecular flexibility index (Phi) is 5.69. The molecule has 1 heterocycles. The van der Waals surface area contributed by atoms with Gasteiger partial charge in [-0.2, -0.15) is 5.21 Å². The van der Waals surface area contributed by atoms with Crippen LogP contribution in [0.2, 0.25) is 0 Å². The highest BCUT2D eigenvalue weighted by atomic mass is 16.5. The number of hydrogen-bond acceptors (Lipinski definition) is 5. The molecule has 4 aliphatic rings. The van der Waals surface area contributed by atoms with E-state index >= 15 is 0 Å². The Morgan fingerprint density at radius 2 is 1.87 bits per heavy atom. The normalized spacial score (nSPS) is 48.0. The van der Waals surface area contributed by atoms with E-state index in [1.807, 2.05) is 7.11 Å². The van der Waals surface area contributed by atoms with Crippen LogP contribution in [0.15, 0.2) is 0 Å². The number of rotatable bonds is 5. The van der Waals surface area contributed by atoms with Gasteiger partial charge in [-0.05, 0) is 104 Å². The maximum Gasteiger partial charge on any atom is 0.174 e. The number of aromatic nitrogens is 4. The van der Waals surface area contributed by atoms with E-state index < -0.39 is 0 Å². The molecule has 10 atom stereocenters. The Balaban J connectivity index is 1.33. The van der Waals surface area contributed by atoms with Crippen molar-refractivity contribution in [2.75, 3.05) is 7.11 Å². The lowest BCUT2D eigenvalue weighted by Gasteiger charge is -2.62. The van der Waals surface area contributed by atoms with Crippen molar-refractivity contribution in [1.82, 2.24) is 20.6 Å². The van der Waals surface area contributed by atoms with E-state index in [0.29, 0.717) is 46.5 Å². The molecule has 1 aromatic heterocycles. The second-order valence-electron chi connectivity index (χ2n) is 12.0. The molecule has 4 saturated carbocycles. The number of ether oxygens (including phenoxy) is 1. The summed E-state index contributed by atoms with van der Waals surface area (Å²) >= 11 is 0. The summed E-state index contributed by atoms with van der Waals surface area (Å²) in [7, 11) is 1.86. The SMILES string of the molecule is CO[C@@H]1CC[C@@]2(C)[C@@H](C1)C[C@H](O)[C@@H]1[C@@H]2CC[C@]2(C)[C@@H]([C@H](C)CCc3nn[nH]n3)CC[C@@H]12. The molecule has 1 aromatic rings. The van der Waals surface area contributed by atoms with Crippen molar-refractivity contribution in [3.8, 4) is 0 Å². The summed E-state index contributed by atoms with van der Waals surface area (Å²) < 4.78 is 5.74. The zero-order chi connectivity index (χ0) is 21.8. The van der Waals surface area contributed by atoms with Gasteiger partial charge in [-0.25, -0.2) is 0 Å². The smallest absolute Gasteiger partial charge is 0.174 e. The Bertz CT molecular complexity index is 757. The first kappa shape index (κ1) is 21.8. The molecule has 6 heteroatoms. The van der Waals surface area contributed by atoms with Crippen molar-refractivity contribution in [2.45, 2.75) is 97.2 Å². The summed E-state index contributed by atoms with van der Waals surface area (Å²) in [5.74, 6) is 4.72. The van der Waals surface area contributed by atoms with Gasteiger partial charge in [0.2, 0.25) is 0 Å². The van der Waals surface area contributed by atoms with Crippen LogP contribution in [0.1, 0.15) is 84.4 Å². The molecule has 4 aliphatic carbocycles. The van der Waals surface area contributed by atoms with E-state index in [-0.39, 0.29) is 6.10 Å². The molecule has 4 fully saturated rings. The van der Waals surface area contributed by atoms with E-state index in [2.05, 4.69) is 41.4 Å². The first-order valence-corrected chi connectivity index (χ1v) is 12.8. The predicted octanol–water partition coefficient (Wildman–Crippen LogP) is 4.41. The standard InChI is InChI=1S/C25H42N4O2/c1-15(5-8-22-26-28-29-27-22)18-6-7-19-23-20(10-12-25(18,19)3)24(2)11-9-17(31-4)13-16(24)14-21(23)30/h15-21,23,30H,5-14H2,1-4H3,(H,26,27,28,29)/t15-,16+,17-,18-,19+,20+,21+,23+,24+,25-/m1/s1. The van der Waals surface area contributed by atoms with Crippen molar-refractivity contribution in [2.24, 2.45) is 46.3 Å². The van der Waals surface area contributed by atoms with E-state index in [9.17, 15) is 5.11 Å². The van der Waals surface area contributed by atoms with Gasteiger partial charge in [-0.15, -0.1) is 10.2 Å². The number of methoxy groups -OCH3 is 1. The van der Waals surface area contributed by atoms with Gasteiger partial charge in [0.15, 0.2) is 5.82 Å². The van der Waals surface area contributed by atoms with Gasteiger partial charge in [0.25, 0.3) is 0 Å². The molecule has 0 aromatic carbocycles. The van der Waals surface area contributed by atoms with Crippen molar-refractivity contribution in [3.05, 3.63) is 5.82 Å². The number of tetrazole rings is 1. The van der Waals surface area contributed by atoms with E-state index in [1.165, 1.54) is 38.5 Å². The first-order valence-electron chi connectivity index (χ1n) is 12.8. The van der Waals surface area contributed by atoms with Gasteiger partial charge in [-0.3, -0.25) is 0 Å². The van der Waals surface area contributed by atoms with Crippen LogP contribution in [0.3, 0.4) is 0 Å². The lowest BCUT2D eigenvalue weighted by atomic mass is 9.43. The summed E-state index contributed by atoms with van der Waals surface area (Å²) in [6.45, 7) is 7.57. The van der Waals surface area contributed by atoms with E-state index in [0.717, 1.165) is 37.4 Å². The van der Waals surface area contributed by atoms with Gasteiger partial charge < -0.3 is 9.84 Å². The Hall–Kier alpha value is -1.01. The number of aryl methyl sites for hydroxylation is 1. The van der Waals surface area contributed by atoms with E-state index in [1.54, 1.807) is 0 Å². The number of nitrogens with zero attached hydrogens (tertiary/aromatic N) is 3. The predicted molar refractivity (Wildman–Crippen MR) is 119 cm³/mol. The zero-order valence-electron chi connectivity index (χ0n) is 19.9. The molecule has 5 rings (SSSR count). The monoisotopic (exact) mass is 430 g/mol. The second-order valence-corrected chi connectivity index (χ2v) is 12.0. The molecule has 31 heavy (non-hydrogen) atoms. The van der Waals surface area contributed by atoms with Crippen LogP contribution < -0.4 is 0 Å². The topological polar surface area (TPSA) is 83.9 Å². The zero-order valence-corrected chi connectivity index (χ0v) is 19.9. The molecule has 0 aliphatic heterocycles. The van der Waals surface area contributed by atoms with Crippen molar-refractivity contribution >= 4 is 0 Å². The minimum atomic E-state index is -0.128. The van der Waals surface area contributed by atoms with Crippen molar-refractivity contribution in [3.63, 3.8) is 0 Å². The van der Waals surface area contributed by atoms with Gasteiger partial charge in [-0.1, -0.05) is 26.0 Å². The van der Waals surface area contributed by atoms with Crippen LogP contribution >= 0.6 is 0 Å². The molecule has 0 amide bonds. The maximum absolute atomic E-state index is 11.5. The summed E-state index contributed by atoms with van der Waals surface area (Å²) in [6.07, 6.45) is 12.1. The molecule has 0 unspecified atom stereocenters. The van der Waals surface area contributed by atoms with Gasteiger partial charge in [0, 0.05) is 13.5 Å². The molecule has 6 nitrogen and oxygen atoms in total. The van der Waals surface area contributed by atoms with Crippen LogP contribution in [0.4, 0.5) is 0 Å². The Labute approximate surface area is 187 Å². The Morgan fingerprint density at radius 3 is 2.61 bits per heavy atom. The van der Waals surface area contributed by atoms with E-state index in [4.69, 9.17) is 4.74 Å². The summed E-state index contributed by atoms with van der Waals surface area (Å²) in [6, 6.07) is 0. The third-order valence-electron chi connectivity index (χ3n) is 10.9. The lowest BCUT2D eigenvalue weighted by molar-refractivity contribution is -0.176. The van der Waals surface area contributed by atoms with Crippen LogP contribution in [0.25, 0.3) is 0 Å².